The minimum Gasteiger partial charge on any atom is -0.456 e. The Labute approximate surface area is 233 Å². The van der Waals surface area contributed by atoms with Crippen molar-refractivity contribution in [2.75, 3.05) is 0 Å². The van der Waals surface area contributed by atoms with Gasteiger partial charge in [0.05, 0.1) is 5.69 Å². The fraction of sp³-hybridized carbons (Fsp3) is 0.0270. The van der Waals surface area contributed by atoms with E-state index in [4.69, 9.17) is 9.40 Å². The zero-order chi connectivity index (χ0) is 26.9. The van der Waals surface area contributed by atoms with Crippen molar-refractivity contribution in [2.24, 2.45) is 0 Å². The van der Waals surface area contributed by atoms with E-state index in [2.05, 4.69) is 115 Å². The van der Waals surface area contributed by atoms with Gasteiger partial charge in [-0.3, -0.25) is 9.97 Å². The fourth-order valence-corrected chi connectivity index (χ4v) is 5.40. The number of hydrogen-bond donors (Lipinski definition) is 0. The van der Waals surface area contributed by atoms with Gasteiger partial charge in [0.2, 0.25) is 0 Å². The van der Waals surface area contributed by atoms with Gasteiger partial charge in [0.25, 0.3) is 0 Å². The van der Waals surface area contributed by atoms with E-state index in [0.717, 1.165) is 39.1 Å². The summed E-state index contributed by atoms with van der Waals surface area (Å²) in [5, 5.41) is 1.11. The molecule has 0 aliphatic rings. The lowest BCUT2D eigenvalue weighted by Crippen LogP contribution is -1.92. The van der Waals surface area contributed by atoms with Crippen molar-refractivity contribution in [2.45, 2.75) is 6.92 Å². The highest BCUT2D eigenvalue weighted by Gasteiger charge is 2.16. The molecule has 0 saturated carbocycles. The summed E-state index contributed by atoms with van der Waals surface area (Å²) in [6.07, 6.45) is 5.48. The number of benzene rings is 4. The van der Waals surface area contributed by atoms with Crippen LogP contribution in [0.1, 0.15) is 5.56 Å². The van der Waals surface area contributed by atoms with Gasteiger partial charge in [-0.25, -0.2) is 0 Å². The Hall–Kier alpha value is -5.28. The Morgan fingerprint density at radius 3 is 1.98 bits per heavy atom. The smallest absolute Gasteiger partial charge is 0.135 e. The van der Waals surface area contributed by atoms with Crippen molar-refractivity contribution < 1.29 is 4.42 Å². The molecule has 40 heavy (non-hydrogen) atoms. The minimum atomic E-state index is 0.844. The molecule has 0 amide bonds. The van der Waals surface area contributed by atoms with Crippen LogP contribution in [0.2, 0.25) is 0 Å². The number of fused-ring (bicyclic) bond motifs is 1. The van der Waals surface area contributed by atoms with E-state index in [0.29, 0.717) is 0 Å². The van der Waals surface area contributed by atoms with Gasteiger partial charge in [0.15, 0.2) is 0 Å². The van der Waals surface area contributed by atoms with Gasteiger partial charge in [-0.1, -0.05) is 78.9 Å². The molecule has 0 aliphatic heterocycles. The first kappa shape index (κ1) is 23.8. The lowest BCUT2D eigenvalue weighted by molar-refractivity contribution is 0.631. The molecule has 190 valence electrons. The Kier molecular flexibility index (Phi) is 6.02. The molecule has 3 heteroatoms. The van der Waals surface area contributed by atoms with E-state index in [-0.39, 0.29) is 0 Å². The van der Waals surface area contributed by atoms with Crippen LogP contribution in [0.3, 0.4) is 0 Å². The van der Waals surface area contributed by atoms with E-state index in [9.17, 15) is 0 Å². The maximum absolute atomic E-state index is 6.25. The average molecular weight is 515 g/mol. The van der Waals surface area contributed by atoms with Crippen LogP contribution in [0.4, 0.5) is 0 Å². The third-order valence-corrected chi connectivity index (χ3v) is 7.49. The summed E-state index contributed by atoms with van der Waals surface area (Å²) in [6, 6.07) is 42.3. The zero-order valence-electron chi connectivity index (χ0n) is 22.1. The first-order chi connectivity index (χ1) is 19.7. The van der Waals surface area contributed by atoms with E-state index in [1.54, 1.807) is 12.4 Å². The Bertz CT molecular complexity index is 1940. The number of rotatable bonds is 5. The summed E-state index contributed by atoms with van der Waals surface area (Å²) in [4.78, 5) is 8.91. The number of aromatic nitrogens is 2. The van der Waals surface area contributed by atoms with Gasteiger partial charge in [-0.05, 0) is 88.3 Å². The zero-order valence-corrected chi connectivity index (χ0v) is 22.1. The third-order valence-electron chi connectivity index (χ3n) is 7.49. The third kappa shape index (κ3) is 4.38. The van der Waals surface area contributed by atoms with Crippen LogP contribution < -0.4 is 0 Å². The standard InChI is InChI=1S/C37H26N2O/c1-25-31(14-15-36-33(25)24-37(40-36)28-16-19-38-20-17-28)34-22-30(12-13-32(34)27-10-6-3-7-11-27)35-23-29(18-21-39-35)26-8-4-2-5-9-26/h2-24H,1H3. The molecule has 0 fully saturated rings. The predicted octanol–water partition coefficient (Wildman–Crippen LogP) is 9.87. The van der Waals surface area contributed by atoms with Crippen molar-refractivity contribution in [3.63, 3.8) is 0 Å². The molecule has 0 atom stereocenters. The molecular formula is C37H26N2O. The molecule has 3 aromatic heterocycles. The molecule has 0 bridgehead atoms. The van der Waals surface area contributed by atoms with Crippen molar-refractivity contribution in [3.05, 3.63) is 145 Å². The predicted molar refractivity (Wildman–Crippen MR) is 164 cm³/mol. The summed E-state index contributed by atoms with van der Waals surface area (Å²) < 4.78 is 6.25. The molecule has 0 saturated heterocycles. The van der Waals surface area contributed by atoms with Crippen LogP contribution in [0.15, 0.2) is 144 Å². The molecule has 3 heterocycles. The Balaban J connectivity index is 1.39. The maximum atomic E-state index is 6.25. The van der Waals surface area contributed by atoms with E-state index in [1.807, 2.05) is 24.4 Å². The number of furan rings is 1. The topological polar surface area (TPSA) is 38.9 Å². The van der Waals surface area contributed by atoms with Gasteiger partial charge in [0.1, 0.15) is 11.3 Å². The highest BCUT2D eigenvalue weighted by molar-refractivity contribution is 5.95. The highest BCUT2D eigenvalue weighted by Crippen LogP contribution is 2.40. The van der Waals surface area contributed by atoms with E-state index >= 15 is 0 Å². The molecule has 0 N–H and O–H groups in total. The second-order valence-electron chi connectivity index (χ2n) is 9.92. The van der Waals surface area contributed by atoms with Crippen LogP contribution in [0.25, 0.3) is 66.9 Å². The molecule has 0 unspecified atom stereocenters. The summed E-state index contributed by atoms with van der Waals surface area (Å²) in [5.74, 6) is 0.844. The maximum Gasteiger partial charge on any atom is 0.135 e. The van der Waals surface area contributed by atoms with E-state index < -0.39 is 0 Å². The lowest BCUT2D eigenvalue weighted by atomic mass is 9.89. The van der Waals surface area contributed by atoms with Crippen LogP contribution in [0.5, 0.6) is 0 Å². The lowest BCUT2D eigenvalue weighted by Gasteiger charge is -2.15. The van der Waals surface area contributed by atoms with Crippen LogP contribution in [-0.2, 0) is 0 Å². The fourth-order valence-electron chi connectivity index (χ4n) is 5.40. The summed E-state index contributed by atoms with van der Waals surface area (Å²) in [7, 11) is 0. The normalized spacial score (nSPS) is 11.1. The van der Waals surface area contributed by atoms with Crippen molar-refractivity contribution in [3.8, 4) is 56.0 Å². The summed E-state index contributed by atoms with van der Waals surface area (Å²) in [5.41, 5.74) is 12.1. The molecule has 7 aromatic rings. The summed E-state index contributed by atoms with van der Waals surface area (Å²) in [6.45, 7) is 2.18. The number of aryl methyl sites for hydroxylation is 1. The van der Waals surface area contributed by atoms with Gasteiger partial charge >= 0.3 is 0 Å². The van der Waals surface area contributed by atoms with Crippen molar-refractivity contribution in [1.29, 1.82) is 0 Å². The van der Waals surface area contributed by atoms with Gasteiger partial charge < -0.3 is 4.42 Å². The average Bonchev–Trinajstić information content (AvgIpc) is 3.48. The number of hydrogen-bond acceptors (Lipinski definition) is 3. The van der Waals surface area contributed by atoms with E-state index in [1.165, 1.54) is 33.4 Å². The first-order valence-corrected chi connectivity index (χ1v) is 13.4. The molecule has 0 radical (unpaired) electrons. The van der Waals surface area contributed by atoms with Gasteiger partial charge in [-0.2, -0.15) is 0 Å². The van der Waals surface area contributed by atoms with Crippen LogP contribution in [-0.4, -0.2) is 9.97 Å². The Morgan fingerprint density at radius 2 is 1.20 bits per heavy atom. The van der Waals surface area contributed by atoms with Crippen molar-refractivity contribution in [1.82, 2.24) is 9.97 Å². The SMILES string of the molecule is Cc1c(-c2cc(-c3cc(-c4ccccc4)ccn3)ccc2-c2ccccc2)ccc2oc(-c3ccncc3)cc12. The number of nitrogens with zero attached hydrogens (tertiary/aromatic N) is 2. The quantitative estimate of drug-likeness (QED) is 0.229. The Morgan fingerprint density at radius 1 is 0.500 bits per heavy atom. The summed E-state index contributed by atoms with van der Waals surface area (Å²) >= 11 is 0. The van der Waals surface area contributed by atoms with Gasteiger partial charge in [0, 0.05) is 35.1 Å². The molecule has 3 nitrogen and oxygen atoms in total. The molecule has 0 spiro atoms. The monoisotopic (exact) mass is 514 g/mol. The second-order valence-corrected chi connectivity index (χ2v) is 9.92. The van der Waals surface area contributed by atoms with Gasteiger partial charge in [-0.15, -0.1) is 0 Å². The van der Waals surface area contributed by atoms with Crippen molar-refractivity contribution >= 4 is 11.0 Å². The largest absolute Gasteiger partial charge is 0.456 e. The van der Waals surface area contributed by atoms with Crippen LogP contribution >= 0.6 is 0 Å². The molecule has 0 aliphatic carbocycles. The number of pyridine rings is 2. The minimum absolute atomic E-state index is 0.844. The second kappa shape index (κ2) is 10.1. The molecular weight excluding hydrogens is 488 g/mol. The van der Waals surface area contributed by atoms with Crippen LogP contribution in [0, 0.1) is 6.92 Å². The molecule has 7 rings (SSSR count). The molecule has 4 aromatic carbocycles. The first-order valence-electron chi connectivity index (χ1n) is 13.4. The highest BCUT2D eigenvalue weighted by atomic mass is 16.3.